The largest absolute Gasteiger partial charge is 0.385 e. The van der Waals surface area contributed by atoms with Crippen LogP contribution in [-0.4, -0.2) is 22.4 Å². The van der Waals surface area contributed by atoms with Gasteiger partial charge in [0.2, 0.25) is 0 Å². The number of carbonyl (C=O) groups is 1. The lowest BCUT2D eigenvalue weighted by atomic mass is 10.1. The molecule has 1 amide bonds. The van der Waals surface area contributed by atoms with Crippen LogP contribution in [0.2, 0.25) is 5.02 Å². The van der Waals surface area contributed by atoms with Gasteiger partial charge in [0.15, 0.2) is 0 Å². The van der Waals surface area contributed by atoms with Crippen LogP contribution in [0.5, 0.6) is 0 Å². The molecule has 0 bridgehead atoms. The number of amides is 1. The van der Waals surface area contributed by atoms with Crippen LogP contribution in [0.1, 0.15) is 28.8 Å². The van der Waals surface area contributed by atoms with Crippen molar-refractivity contribution in [1.82, 2.24) is 15.3 Å². The highest BCUT2D eigenvalue weighted by Crippen LogP contribution is 2.20. The fourth-order valence-corrected chi connectivity index (χ4v) is 2.09. The van der Waals surface area contributed by atoms with Crippen molar-refractivity contribution in [2.24, 2.45) is 0 Å². The summed E-state index contributed by atoms with van der Waals surface area (Å²) in [4.78, 5) is 20.6. The van der Waals surface area contributed by atoms with E-state index < -0.39 is 0 Å². The number of nitrogens with one attached hydrogen (secondary N) is 2. The van der Waals surface area contributed by atoms with Crippen LogP contribution >= 0.6 is 11.6 Å². The van der Waals surface area contributed by atoms with Crippen LogP contribution in [-0.2, 0) is 6.54 Å². The molecule has 110 valence electrons. The first-order valence-corrected chi connectivity index (χ1v) is 7.08. The standard InChI is InChI=1S/C15H17ClN4O/c1-3-17-14-5-4-11(16)8-13(14)15(21)19-9-12-6-7-18-10(2)20-12/h4-8,17H,3,9H2,1-2H3,(H,19,21). The number of hydrogen-bond donors (Lipinski definition) is 2. The Morgan fingerprint density at radius 1 is 1.33 bits per heavy atom. The first kappa shape index (κ1) is 15.3. The van der Waals surface area contributed by atoms with Crippen LogP contribution in [0.3, 0.4) is 0 Å². The summed E-state index contributed by atoms with van der Waals surface area (Å²) in [7, 11) is 0. The SMILES string of the molecule is CCNc1ccc(Cl)cc1C(=O)NCc1ccnc(C)n1. The Labute approximate surface area is 128 Å². The van der Waals surface area contributed by atoms with Gasteiger partial charge in [-0.25, -0.2) is 9.97 Å². The van der Waals surface area contributed by atoms with Crippen LogP contribution in [0.25, 0.3) is 0 Å². The van der Waals surface area contributed by atoms with Crippen molar-refractivity contribution in [1.29, 1.82) is 0 Å². The first-order chi connectivity index (χ1) is 10.1. The van der Waals surface area contributed by atoms with Gasteiger partial charge in [0.25, 0.3) is 5.91 Å². The number of benzene rings is 1. The third-order valence-corrected chi connectivity index (χ3v) is 3.09. The van der Waals surface area contributed by atoms with Crippen molar-refractivity contribution in [2.45, 2.75) is 20.4 Å². The molecule has 0 saturated carbocycles. The van der Waals surface area contributed by atoms with Crippen LogP contribution in [0, 0.1) is 6.92 Å². The monoisotopic (exact) mass is 304 g/mol. The van der Waals surface area contributed by atoms with Gasteiger partial charge in [-0.2, -0.15) is 0 Å². The number of aryl methyl sites for hydroxylation is 1. The number of halogens is 1. The second-order valence-corrected chi connectivity index (χ2v) is 4.93. The van der Waals surface area contributed by atoms with Gasteiger partial charge in [0.05, 0.1) is 17.8 Å². The fraction of sp³-hybridized carbons (Fsp3) is 0.267. The lowest BCUT2D eigenvalue weighted by Crippen LogP contribution is -2.24. The third-order valence-electron chi connectivity index (χ3n) is 2.86. The van der Waals surface area contributed by atoms with Gasteiger partial charge in [-0.15, -0.1) is 0 Å². The quantitative estimate of drug-likeness (QED) is 0.891. The van der Waals surface area contributed by atoms with Crippen LogP contribution < -0.4 is 10.6 Å². The zero-order valence-electron chi connectivity index (χ0n) is 12.0. The smallest absolute Gasteiger partial charge is 0.253 e. The number of rotatable bonds is 5. The van der Waals surface area contributed by atoms with Gasteiger partial charge in [0.1, 0.15) is 5.82 Å². The van der Waals surface area contributed by atoms with E-state index in [2.05, 4.69) is 20.6 Å². The number of aromatic nitrogens is 2. The molecule has 0 atom stereocenters. The van der Waals surface area contributed by atoms with E-state index in [0.29, 0.717) is 23.0 Å². The Balaban J connectivity index is 2.11. The highest BCUT2D eigenvalue weighted by atomic mass is 35.5. The van der Waals surface area contributed by atoms with E-state index >= 15 is 0 Å². The summed E-state index contributed by atoms with van der Waals surface area (Å²) in [5.74, 6) is 0.488. The number of nitrogens with zero attached hydrogens (tertiary/aromatic N) is 2. The second-order valence-electron chi connectivity index (χ2n) is 4.50. The summed E-state index contributed by atoms with van der Waals surface area (Å²) in [6, 6.07) is 6.98. The van der Waals surface area contributed by atoms with Gasteiger partial charge < -0.3 is 10.6 Å². The van der Waals surface area contributed by atoms with Crippen molar-refractivity contribution in [3.8, 4) is 0 Å². The maximum Gasteiger partial charge on any atom is 0.253 e. The van der Waals surface area contributed by atoms with Crippen LogP contribution in [0.4, 0.5) is 5.69 Å². The molecule has 21 heavy (non-hydrogen) atoms. The van der Waals surface area contributed by atoms with E-state index in [1.54, 1.807) is 30.5 Å². The topological polar surface area (TPSA) is 66.9 Å². The Kier molecular flexibility index (Phi) is 5.11. The Morgan fingerprint density at radius 3 is 2.86 bits per heavy atom. The Morgan fingerprint density at radius 2 is 2.14 bits per heavy atom. The highest BCUT2D eigenvalue weighted by molar-refractivity contribution is 6.31. The first-order valence-electron chi connectivity index (χ1n) is 6.70. The van der Waals surface area contributed by atoms with Crippen molar-refractivity contribution in [3.05, 3.63) is 52.6 Å². The fourth-order valence-electron chi connectivity index (χ4n) is 1.92. The summed E-state index contributed by atoms with van der Waals surface area (Å²) < 4.78 is 0. The Hall–Kier alpha value is -2.14. The zero-order valence-corrected chi connectivity index (χ0v) is 12.7. The average molecular weight is 305 g/mol. The molecule has 2 N–H and O–H groups in total. The van der Waals surface area contributed by atoms with E-state index in [0.717, 1.165) is 17.9 Å². The summed E-state index contributed by atoms with van der Waals surface area (Å²) >= 11 is 5.97. The van der Waals surface area contributed by atoms with Gasteiger partial charge >= 0.3 is 0 Å². The van der Waals surface area contributed by atoms with Gasteiger partial charge in [0, 0.05) is 23.5 Å². The van der Waals surface area contributed by atoms with E-state index in [9.17, 15) is 4.79 Å². The molecule has 6 heteroatoms. The van der Waals surface area contributed by atoms with Gasteiger partial charge in [-0.05, 0) is 38.1 Å². The highest BCUT2D eigenvalue weighted by Gasteiger charge is 2.12. The van der Waals surface area contributed by atoms with E-state index in [1.807, 2.05) is 13.8 Å². The summed E-state index contributed by atoms with van der Waals surface area (Å²) in [5.41, 5.74) is 2.05. The molecule has 5 nitrogen and oxygen atoms in total. The lowest BCUT2D eigenvalue weighted by Gasteiger charge is -2.11. The van der Waals surface area contributed by atoms with Crippen molar-refractivity contribution in [3.63, 3.8) is 0 Å². The van der Waals surface area contributed by atoms with E-state index in [4.69, 9.17) is 11.6 Å². The summed E-state index contributed by atoms with van der Waals surface area (Å²) in [6.45, 7) is 4.86. The van der Waals surface area contributed by atoms with Crippen molar-refractivity contribution < 1.29 is 4.79 Å². The number of anilines is 1. The predicted octanol–water partition coefficient (Wildman–Crippen LogP) is 2.80. The molecule has 0 radical (unpaired) electrons. The normalized spacial score (nSPS) is 10.2. The third kappa shape index (κ3) is 4.16. The number of carbonyl (C=O) groups excluding carboxylic acids is 1. The predicted molar refractivity (Wildman–Crippen MR) is 83.6 cm³/mol. The minimum absolute atomic E-state index is 0.190. The molecule has 1 aromatic carbocycles. The molecule has 0 fully saturated rings. The molecule has 0 unspecified atom stereocenters. The minimum Gasteiger partial charge on any atom is -0.385 e. The van der Waals surface area contributed by atoms with Gasteiger partial charge in [-0.1, -0.05) is 11.6 Å². The average Bonchev–Trinajstić information content (AvgIpc) is 2.47. The minimum atomic E-state index is -0.190. The molecule has 0 aliphatic heterocycles. The van der Waals surface area contributed by atoms with Crippen molar-refractivity contribution in [2.75, 3.05) is 11.9 Å². The summed E-state index contributed by atoms with van der Waals surface area (Å²) in [6.07, 6.45) is 1.67. The Bertz CT molecular complexity index is 645. The maximum atomic E-state index is 12.3. The van der Waals surface area contributed by atoms with Crippen molar-refractivity contribution >= 4 is 23.2 Å². The van der Waals surface area contributed by atoms with Crippen LogP contribution in [0.15, 0.2) is 30.5 Å². The summed E-state index contributed by atoms with van der Waals surface area (Å²) in [5, 5.41) is 6.51. The maximum absolute atomic E-state index is 12.3. The molecule has 0 aliphatic carbocycles. The lowest BCUT2D eigenvalue weighted by molar-refractivity contribution is 0.0951. The molecule has 0 saturated heterocycles. The zero-order chi connectivity index (χ0) is 15.2. The van der Waals surface area contributed by atoms with Gasteiger partial charge in [-0.3, -0.25) is 4.79 Å². The molecule has 0 spiro atoms. The number of hydrogen-bond acceptors (Lipinski definition) is 4. The molecule has 0 aliphatic rings. The van der Waals surface area contributed by atoms with E-state index in [-0.39, 0.29) is 5.91 Å². The molecular weight excluding hydrogens is 288 g/mol. The second kappa shape index (κ2) is 7.04. The molecular formula is C15H17ClN4O. The molecule has 2 aromatic rings. The van der Waals surface area contributed by atoms with E-state index in [1.165, 1.54) is 0 Å². The molecule has 1 aromatic heterocycles. The molecule has 1 heterocycles. The molecule has 2 rings (SSSR count).